The highest BCUT2D eigenvalue weighted by Gasteiger charge is 2.08. The van der Waals surface area contributed by atoms with Crippen LogP contribution in [0.4, 0.5) is 0 Å². The van der Waals surface area contributed by atoms with Gasteiger partial charge in [0.25, 0.3) is 5.91 Å². The van der Waals surface area contributed by atoms with Crippen molar-refractivity contribution >= 4 is 5.91 Å². The van der Waals surface area contributed by atoms with Crippen molar-refractivity contribution in [2.75, 3.05) is 0 Å². The number of hydrogen-bond acceptors (Lipinski definition) is 4. The maximum Gasteiger partial charge on any atom is 0.265 e. The maximum atomic E-state index is 10.8. The monoisotopic (exact) mass is 217 g/mol. The van der Waals surface area contributed by atoms with Gasteiger partial charge in [0.2, 0.25) is 0 Å². The molecule has 5 heteroatoms. The molecule has 5 nitrogen and oxygen atoms in total. The van der Waals surface area contributed by atoms with Crippen LogP contribution in [0, 0.1) is 0 Å². The zero-order chi connectivity index (χ0) is 11.4. The summed E-state index contributed by atoms with van der Waals surface area (Å²) in [7, 11) is 0. The van der Waals surface area contributed by atoms with E-state index in [1.165, 1.54) is 6.20 Å². The van der Waals surface area contributed by atoms with Gasteiger partial charge < -0.3 is 0 Å². The summed E-state index contributed by atoms with van der Waals surface area (Å²) in [6, 6.07) is 0. The Balaban J connectivity index is 2.11. The lowest BCUT2D eigenvalue weighted by Crippen LogP contribution is -2.10. The predicted octanol–water partition coefficient (Wildman–Crippen LogP) is 2.30. The summed E-state index contributed by atoms with van der Waals surface area (Å²) in [6.07, 6.45) is 11.3. The van der Waals surface area contributed by atoms with Crippen LogP contribution in [0.15, 0.2) is 58.2 Å². The first-order valence-electron chi connectivity index (χ1n) is 4.94. The zero-order valence-corrected chi connectivity index (χ0v) is 8.58. The average molecular weight is 217 g/mol. The molecule has 2 rings (SSSR count). The molecule has 0 saturated carbocycles. The molecule has 0 atom stereocenters. The summed E-state index contributed by atoms with van der Waals surface area (Å²) >= 11 is 0. The SMILES string of the molecule is O=C1CCC(=CC=C2C=CC=CN2O)N=N1. The number of amides is 1. The fourth-order valence-electron chi connectivity index (χ4n) is 1.33. The van der Waals surface area contributed by atoms with Crippen LogP contribution in [0.2, 0.25) is 0 Å². The van der Waals surface area contributed by atoms with Crippen LogP contribution in [0.25, 0.3) is 0 Å². The standard InChI is InChI=1S/C11H11N3O2/c15-11-7-5-9(12-13-11)4-6-10-3-1-2-8-14(10)16/h1-4,6,8,16H,5,7H2. The summed E-state index contributed by atoms with van der Waals surface area (Å²) in [4.78, 5) is 10.8. The zero-order valence-electron chi connectivity index (χ0n) is 8.58. The van der Waals surface area contributed by atoms with Crippen molar-refractivity contribution in [2.24, 2.45) is 10.2 Å². The van der Waals surface area contributed by atoms with Gasteiger partial charge in [0.15, 0.2) is 0 Å². The van der Waals surface area contributed by atoms with E-state index in [1.54, 1.807) is 24.3 Å². The highest BCUT2D eigenvalue weighted by molar-refractivity contribution is 5.77. The molecule has 0 bridgehead atoms. The van der Waals surface area contributed by atoms with Gasteiger partial charge in [-0.1, -0.05) is 6.08 Å². The van der Waals surface area contributed by atoms with Gasteiger partial charge >= 0.3 is 0 Å². The average Bonchev–Trinajstić information content (AvgIpc) is 2.30. The molecule has 2 heterocycles. The Kier molecular flexibility index (Phi) is 3.07. The molecule has 0 radical (unpaired) electrons. The van der Waals surface area contributed by atoms with Gasteiger partial charge in [-0.3, -0.25) is 10.0 Å². The quantitative estimate of drug-likeness (QED) is 0.732. The molecule has 0 saturated heterocycles. The Bertz CT molecular complexity index is 444. The molecule has 0 fully saturated rings. The minimum Gasteiger partial charge on any atom is -0.284 e. The van der Waals surface area contributed by atoms with Crippen molar-refractivity contribution < 1.29 is 10.0 Å². The van der Waals surface area contributed by atoms with Gasteiger partial charge in [0.1, 0.15) is 0 Å². The van der Waals surface area contributed by atoms with Gasteiger partial charge in [-0.25, -0.2) is 5.06 Å². The lowest BCUT2D eigenvalue weighted by Gasteiger charge is -2.14. The van der Waals surface area contributed by atoms with E-state index in [4.69, 9.17) is 0 Å². The van der Waals surface area contributed by atoms with Gasteiger partial charge in [0, 0.05) is 19.0 Å². The van der Waals surface area contributed by atoms with Crippen molar-refractivity contribution in [3.05, 3.63) is 48.0 Å². The second-order valence-electron chi connectivity index (χ2n) is 3.39. The molecular formula is C11H11N3O2. The smallest absolute Gasteiger partial charge is 0.265 e. The number of carbonyl (C=O) groups is 1. The Labute approximate surface area is 92.7 Å². The molecule has 0 aliphatic carbocycles. The Morgan fingerprint density at radius 3 is 2.81 bits per heavy atom. The highest BCUT2D eigenvalue weighted by Crippen LogP contribution is 2.16. The number of carbonyl (C=O) groups excluding carboxylic acids is 1. The van der Waals surface area contributed by atoms with Crippen molar-refractivity contribution in [3.8, 4) is 0 Å². The number of allylic oxidation sites excluding steroid dienone is 6. The second-order valence-corrected chi connectivity index (χ2v) is 3.39. The van der Waals surface area contributed by atoms with Gasteiger partial charge in [-0.05, 0) is 24.3 Å². The number of nitrogens with zero attached hydrogens (tertiary/aromatic N) is 3. The fourth-order valence-corrected chi connectivity index (χ4v) is 1.33. The van der Waals surface area contributed by atoms with Crippen LogP contribution in [0.1, 0.15) is 12.8 Å². The predicted molar refractivity (Wildman–Crippen MR) is 57.2 cm³/mol. The van der Waals surface area contributed by atoms with E-state index in [2.05, 4.69) is 10.2 Å². The molecule has 0 spiro atoms. The topological polar surface area (TPSA) is 65.3 Å². The highest BCUT2D eigenvalue weighted by atomic mass is 16.5. The minimum atomic E-state index is -0.186. The van der Waals surface area contributed by atoms with Crippen LogP contribution < -0.4 is 0 Å². The van der Waals surface area contributed by atoms with E-state index < -0.39 is 0 Å². The fraction of sp³-hybridized carbons (Fsp3) is 0.182. The molecule has 2 aliphatic rings. The molecule has 82 valence electrons. The van der Waals surface area contributed by atoms with Crippen LogP contribution in [0.5, 0.6) is 0 Å². The molecule has 0 aromatic heterocycles. The first-order chi connectivity index (χ1) is 7.75. The lowest BCUT2D eigenvalue weighted by atomic mass is 10.2. The van der Waals surface area contributed by atoms with E-state index in [0.717, 1.165) is 10.8 Å². The Hall–Kier alpha value is -2.01. The molecule has 1 N–H and O–H groups in total. The molecule has 2 aliphatic heterocycles. The lowest BCUT2D eigenvalue weighted by molar-refractivity contribution is -0.118. The third kappa shape index (κ3) is 2.52. The third-order valence-electron chi connectivity index (χ3n) is 2.20. The minimum absolute atomic E-state index is 0.186. The number of hydrogen-bond donors (Lipinski definition) is 1. The molecule has 1 amide bonds. The van der Waals surface area contributed by atoms with Crippen LogP contribution in [-0.4, -0.2) is 16.2 Å². The number of hydroxylamine groups is 2. The van der Waals surface area contributed by atoms with E-state index in [0.29, 0.717) is 18.5 Å². The Morgan fingerprint density at radius 2 is 2.12 bits per heavy atom. The van der Waals surface area contributed by atoms with E-state index in [1.807, 2.05) is 6.08 Å². The molecule has 0 aromatic rings. The van der Waals surface area contributed by atoms with Gasteiger partial charge in [0.05, 0.1) is 11.4 Å². The second kappa shape index (κ2) is 4.67. The molecule has 16 heavy (non-hydrogen) atoms. The third-order valence-corrected chi connectivity index (χ3v) is 2.20. The maximum absolute atomic E-state index is 10.8. The number of rotatable bonds is 1. The first kappa shape index (κ1) is 10.5. The Morgan fingerprint density at radius 1 is 1.25 bits per heavy atom. The van der Waals surface area contributed by atoms with E-state index in [9.17, 15) is 10.0 Å². The molecular weight excluding hydrogens is 206 g/mol. The largest absolute Gasteiger partial charge is 0.284 e. The van der Waals surface area contributed by atoms with Crippen molar-refractivity contribution in [3.63, 3.8) is 0 Å². The summed E-state index contributed by atoms with van der Waals surface area (Å²) in [5.41, 5.74) is 1.38. The number of azo groups is 1. The van der Waals surface area contributed by atoms with E-state index in [-0.39, 0.29) is 5.91 Å². The van der Waals surface area contributed by atoms with Crippen LogP contribution in [0.3, 0.4) is 0 Å². The molecule has 0 unspecified atom stereocenters. The van der Waals surface area contributed by atoms with Gasteiger partial charge in [-0.2, -0.15) is 5.11 Å². The van der Waals surface area contributed by atoms with Gasteiger partial charge in [-0.15, -0.1) is 5.11 Å². The summed E-state index contributed by atoms with van der Waals surface area (Å²) in [5.74, 6) is -0.186. The van der Waals surface area contributed by atoms with Crippen LogP contribution in [-0.2, 0) is 4.79 Å². The molecule has 0 aromatic carbocycles. The van der Waals surface area contributed by atoms with Crippen molar-refractivity contribution in [2.45, 2.75) is 12.8 Å². The normalized spacial score (nSPS) is 24.8. The first-order valence-corrected chi connectivity index (χ1v) is 4.94. The summed E-state index contributed by atoms with van der Waals surface area (Å²) in [6.45, 7) is 0. The summed E-state index contributed by atoms with van der Waals surface area (Å²) < 4.78 is 0. The van der Waals surface area contributed by atoms with Crippen molar-refractivity contribution in [1.29, 1.82) is 0 Å². The van der Waals surface area contributed by atoms with E-state index >= 15 is 0 Å². The summed E-state index contributed by atoms with van der Waals surface area (Å²) in [5, 5.41) is 17.7. The van der Waals surface area contributed by atoms with Crippen LogP contribution >= 0.6 is 0 Å². The van der Waals surface area contributed by atoms with Crippen molar-refractivity contribution in [1.82, 2.24) is 5.06 Å².